The van der Waals surface area contributed by atoms with Crippen LogP contribution in [-0.4, -0.2) is 31.2 Å². The molecule has 1 aromatic rings. The lowest BCUT2D eigenvalue weighted by molar-refractivity contribution is -0.274. The Kier molecular flexibility index (Phi) is 4.79. The maximum atomic E-state index is 12.3. The second-order valence-corrected chi connectivity index (χ2v) is 4.35. The fourth-order valence-corrected chi connectivity index (χ4v) is 1.85. The van der Waals surface area contributed by atoms with Crippen LogP contribution in [0.15, 0.2) is 29.3 Å². The molecule has 1 aliphatic heterocycles. The van der Waals surface area contributed by atoms with Gasteiger partial charge in [0, 0.05) is 25.1 Å². The van der Waals surface area contributed by atoms with E-state index in [1.54, 1.807) is 6.07 Å². The third-order valence-corrected chi connectivity index (χ3v) is 2.82. The first kappa shape index (κ1) is 15.3. The number of aliphatic imine (C=N–C) groups is 1. The van der Waals surface area contributed by atoms with Crippen LogP contribution in [0.5, 0.6) is 5.75 Å². The molecular formula is C13H14F3N3O2. The Morgan fingerprint density at radius 2 is 2.14 bits per heavy atom. The van der Waals surface area contributed by atoms with E-state index in [-0.39, 0.29) is 23.8 Å². The second kappa shape index (κ2) is 6.57. The number of carbonyl (C=O) groups excluding carboxylic acids is 1. The first-order valence-electron chi connectivity index (χ1n) is 6.31. The minimum Gasteiger partial charge on any atom is -0.405 e. The number of carbonyl (C=O) groups is 1. The van der Waals surface area contributed by atoms with E-state index in [2.05, 4.69) is 20.4 Å². The zero-order valence-corrected chi connectivity index (χ0v) is 11.0. The molecule has 1 aliphatic rings. The molecule has 0 spiro atoms. The Balaban J connectivity index is 1.99. The van der Waals surface area contributed by atoms with Crippen LogP contribution in [0.4, 0.5) is 13.2 Å². The van der Waals surface area contributed by atoms with E-state index in [1.165, 1.54) is 18.2 Å². The summed E-state index contributed by atoms with van der Waals surface area (Å²) in [6.07, 6.45) is -4.27. The SMILES string of the molecule is O=C(NCc1ccccc1OC(F)(F)F)C1=NCNCC1. The van der Waals surface area contributed by atoms with Crippen molar-refractivity contribution in [1.29, 1.82) is 0 Å². The number of halogens is 3. The van der Waals surface area contributed by atoms with Crippen LogP contribution in [0.25, 0.3) is 0 Å². The molecule has 5 nitrogen and oxygen atoms in total. The summed E-state index contributed by atoms with van der Waals surface area (Å²) >= 11 is 0. The highest BCUT2D eigenvalue weighted by Gasteiger charge is 2.32. The van der Waals surface area contributed by atoms with Crippen molar-refractivity contribution >= 4 is 11.6 Å². The number of ether oxygens (including phenoxy) is 1. The van der Waals surface area contributed by atoms with Crippen LogP contribution in [-0.2, 0) is 11.3 Å². The van der Waals surface area contributed by atoms with Gasteiger partial charge in [0.25, 0.3) is 5.91 Å². The van der Waals surface area contributed by atoms with E-state index < -0.39 is 6.36 Å². The van der Waals surface area contributed by atoms with Crippen LogP contribution < -0.4 is 15.4 Å². The molecule has 0 saturated carbocycles. The predicted octanol–water partition coefficient (Wildman–Crippen LogP) is 1.59. The molecule has 0 fully saturated rings. The highest BCUT2D eigenvalue weighted by molar-refractivity contribution is 6.39. The molecule has 1 heterocycles. The third kappa shape index (κ3) is 4.75. The summed E-state index contributed by atoms with van der Waals surface area (Å²) in [4.78, 5) is 15.8. The number of nitrogens with zero attached hydrogens (tertiary/aromatic N) is 1. The number of amides is 1. The van der Waals surface area contributed by atoms with Crippen LogP contribution in [0.2, 0.25) is 0 Å². The summed E-state index contributed by atoms with van der Waals surface area (Å²) in [5.41, 5.74) is 0.640. The molecule has 0 unspecified atom stereocenters. The number of alkyl halides is 3. The number of benzene rings is 1. The number of hydrogen-bond donors (Lipinski definition) is 2. The van der Waals surface area contributed by atoms with Gasteiger partial charge >= 0.3 is 6.36 Å². The van der Waals surface area contributed by atoms with Crippen LogP contribution >= 0.6 is 0 Å². The van der Waals surface area contributed by atoms with Crippen molar-refractivity contribution in [3.63, 3.8) is 0 Å². The Bertz CT molecular complexity index is 544. The van der Waals surface area contributed by atoms with Crippen LogP contribution in [0, 0.1) is 0 Å². The summed E-state index contributed by atoms with van der Waals surface area (Å²) in [6.45, 7) is 0.966. The summed E-state index contributed by atoms with van der Waals surface area (Å²) in [5, 5.41) is 5.52. The van der Waals surface area contributed by atoms with E-state index in [4.69, 9.17) is 0 Å². The molecule has 0 aliphatic carbocycles. The first-order valence-corrected chi connectivity index (χ1v) is 6.31. The van der Waals surface area contributed by atoms with Gasteiger partial charge in [0.15, 0.2) is 0 Å². The standard InChI is InChI=1S/C13H14F3N3O2/c14-13(15,16)21-11-4-2-1-3-9(11)7-18-12(20)10-5-6-17-8-19-10/h1-4,17H,5-8H2,(H,18,20). The van der Waals surface area contributed by atoms with Crippen LogP contribution in [0.1, 0.15) is 12.0 Å². The lowest BCUT2D eigenvalue weighted by Gasteiger charge is -2.15. The highest BCUT2D eigenvalue weighted by Crippen LogP contribution is 2.26. The highest BCUT2D eigenvalue weighted by atomic mass is 19.4. The molecule has 2 N–H and O–H groups in total. The Labute approximate surface area is 119 Å². The molecule has 0 bridgehead atoms. The van der Waals surface area contributed by atoms with Gasteiger partial charge < -0.3 is 10.1 Å². The van der Waals surface area contributed by atoms with Gasteiger partial charge in [-0.3, -0.25) is 15.1 Å². The van der Waals surface area contributed by atoms with Crippen molar-refractivity contribution in [2.75, 3.05) is 13.2 Å². The van der Waals surface area contributed by atoms with E-state index >= 15 is 0 Å². The Morgan fingerprint density at radius 3 is 2.81 bits per heavy atom. The minimum absolute atomic E-state index is 0.0580. The van der Waals surface area contributed by atoms with Gasteiger partial charge in [0.1, 0.15) is 11.5 Å². The monoisotopic (exact) mass is 301 g/mol. The van der Waals surface area contributed by atoms with Gasteiger partial charge in [0.2, 0.25) is 0 Å². The summed E-state index contributed by atoms with van der Waals surface area (Å²) < 4.78 is 40.7. The molecule has 8 heteroatoms. The third-order valence-electron chi connectivity index (χ3n) is 2.82. The minimum atomic E-state index is -4.76. The van der Waals surface area contributed by atoms with Crippen molar-refractivity contribution in [3.8, 4) is 5.75 Å². The zero-order chi connectivity index (χ0) is 15.3. The lowest BCUT2D eigenvalue weighted by atomic mass is 10.2. The molecule has 1 aromatic carbocycles. The van der Waals surface area contributed by atoms with E-state index in [0.717, 1.165) is 0 Å². The van der Waals surface area contributed by atoms with Crippen molar-refractivity contribution < 1.29 is 22.7 Å². The molecule has 21 heavy (non-hydrogen) atoms. The van der Waals surface area contributed by atoms with Gasteiger partial charge in [0.05, 0.1) is 6.67 Å². The molecular weight excluding hydrogens is 287 g/mol. The summed E-state index contributed by atoms with van der Waals surface area (Å²) in [5.74, 6) is -0.698. The molecule has 1 amide bonds. The van der Waals surface area contributed by atoms with Gasteiger partial charge in [-0.2, -0.15) is 0 Å². The average molecular weight is 301 g/mol. The molecule has 0 saturated heterocycles. The number of hydrogen-bond acceptors (Lipinski definition) is 4. The van der Waals surface area contributed by atoms with Gasteiger partial charge in [-0.25, -0.2) is 0 Å². The normalized spacial score (nSPS) is 15.3. The maximum Gasteiger partial charge on any atom is 0.573 e. The largest absolute Gasteiger partial charge is 0.573 e. The summed E-state index contributed by atoms with van der Waals surface area (Å²) in [7, 11) is 0. The van der Waals surface area contributed by atoms with Gasteiger partial charge in [-0.1, -0.05) is 18.2 Å². The van der Waals surface area contributed by atoms with Crippen molar-refractivity contribution in [2.45, 2.75) is 19.3 Å². The summed E-state index contributed by atoms with van der Waals surface area (Å²) in [6, 6.07) is 5.68. The van der Waals surface area contributed by atoms with E-state index in [1.807, 2.05) is 0 Å². The quantitative estimate of drug-likeness (QED) is 0.888. The molecule has 0 aromatic heterocycles. The number of rotatable bonds is 4. The van der Waals surface area contributed by atoms with Crippen molar-refractivity contribution in [3.05, 3.63) is 29.8 Å². The average Bonchev–Trinajstić information content (AvgIpc) is 2.45. The van der Waals surface area contributed by atoms with E-state index in [0.29, 0.717) is 25.3 Å². The zero-order valence-electron chi connectivity index (χ0n) is 11.0. The molecule has 0 radical (unpaired) electrons. The van der Waals surface area contributed by atoms with Crippen LogP contribution in [0.3, 0.4) is 0 Å². The fraction of sp³-hybridized carbons (Fsp3) is 0.385. The smallest absolute Gasteiger partial charge is 0.405 e. The first-order chi connectivity index (χ1) is 9.96. The van der Waals surface area contributed by atoms with Gasteiger partial charge in [-0.15, -0.1) is 13.2 Å². The maximum absolute atomic E-state index is 12.3. The van der Waals surface area contributed by atoms with E-state index in [9.17, 15) is 18.0 Å². The lowest BCUT2D eigenvalue weighted by Crippen LogP contribution is -2.36. The Morgan fingerprint density at radius 1 is 1.38 bits per heavy atom. The molecule has 2 rings (SSSR count). The number of para-hydroxylation sites is 1. The molecule has 114 valence electrons. The molecule has 0 atom stereocenters. The van der Waals surface area contributed by atoms with Crippen molar-refractivity contribution in [2.24, 2.45) is 4.99 Å². The van der Waals surface area contributed by atoms with Crippen molar-refractivity contribution in [1.82, 2.24) is 10.6 Å². The Hall–Kier alpha value is -2.09. The topological polar surface area (TPSA) is 62.7 Å². The number of nitrogens with one attached hydrogen (secondary N) is 2. The second-order valence-electron chi connectivity index (χ2n) is 4.35. The van der Waals surface area contributed by atoms with Gasteiger partial charge in [-0.05, 0) is 6.07 Å². The fourth-order valence-electron chi connectivity index (χ4n) is 1.85. The predicted molar refractivity (Wildman–Crippen MR) is 69.9 cm³/mol.